The maximum atomic E-state index is 14.9. The first-order valence-corrected chi connectivity index (χ1v) is 24.5. The fourth-order valence-corrected chi connectivity index (χ4v) is 8.76. The van der Waals surface area contributed by atoms with E-state index in [-0.39, 0.29) is 46.7 Å². The van der Waals surface area contributed by atoms with Crippen LogP contribution in [-0.4, -0.2) is 38.4 Å². The summed E-state index contributed by atoms with van der Waals surface area (Å²) in [5.74, 6) is 1.21. The molecule has 0 radical (unpaired) electrons. The van der Waals surface area contributed by atoms with E-state index >= 15 is 0 Å². The lowest BCUT2D eigenvalue weighted by atomic mass is 9.81. The topological polar surface area (TPSA) is 101 Å². The second kappa shape index (κ2) is 25.4. The second-order valence-corrected chi connectivity index (χ2v) is 20.0. The third kappa shape index (κ3) is 15.7. The van der Waals surface area contributed by atoms with Crippen molar-refractivity contribution in [3.05, 3.63) is 166 Å². The summed E-state index contributed by atoms with van der Waals surface area (Å²) < 4.78 is 57.4. The number of halogens is 2. The monoisotopic (exact) mass is 971 g/mol. The molecule has 0 saturated heterocycles. The Hall–Kier alpha value is -6.68. The van der Waals surface area contributed by atoms with E-state index in [1.165, 1.54) is 19.2 Å². The number of methoxy groups -OCH3 is 3. The molecular formula is C61H72F2O8. The molecule has 71 heavy (non-hydrogen) atoms. The van der Waals surface area contributed by atoms with Gasteiger partial charge in [-0.2, -0.15) is 0 Å². The van der Waals surface area contributed by atoms with Crippen molar-refractivity contribution in [2.45, 2.75) is 130 Å². The number of carbonyl (C=O) groups excluding carboxylic acids is 1. The van der Waals surface area contributed by atoms with Crippen LogP contribution in [-0.2, 0) is 38.4 Å². The maximum absolute atomic E-state index is 14.9. The highest BCUT2D eigenvalue weighted by Gasteiger charge is 2.24. The van der Waals surface area contributed by atoms with Gasteiger partial charge in [-0.25, -0.2) is 8.78 Å². The fraction of sp³-hybridized carbons (Fsp3) is 0.377. The number of ether oxygens (including phenoxy) is 5. The normalized spacial score (nSPS) is 12.2. The van der Waals surface area contributed by atoms with Gasteiger partial charge in [0, 0.05) is 11.1 Å². The van der Waals surface area contributed by atoms with Crippen LogP contribution in [0.4, 0.5) is 8.78 Å². The van der Waals surface area contributed by atoms with Crippen LogP contribution in [0.5, 0.6) is 23.0 Å². The lowest BCUT2D eigenvalue weighted by Gasteiger charge is -2.24. The second-order valence-electron chi connectivity index (χ2n) is 20.0. The van der Waals surface area contributed by atoms with Gasteiger partial charge in [-0.05, 0) is 153 Å². The Morgan fingerprint density at radius 3 is 1.23 bits per heavy atom. The number of benzene rings is 6. The number of esters is 1. The number of rotatable bonds is 20. The summed E-state index contributed by atoms with van der Waals surface area (Å²) in [6.45, 7) is 17.5. The summed E-state index contributed by atoms with van der Waals surface area (Å²) in [6, 6.07) is 37.2. The molecule has 0 aliphatic carbocycles. The molecule has 0 aliphatic rings. The van der Waals surface area contributed by atoms with Gasteiger partial charge in [0.2, 0.25) is 0 Å². The van der Waals surface area contributed by atoms with Gasteiger partial charge in [0.15, 0.2) is 0 Å². The first-order chi connectivity index (χ1) is 33.8. The summed E-state index contributed by atoms with van der Waals surface area (Å²) >= 11 is 0. The summed E-state index contributed by atoms with van der Waals surface area (Å²) in [4.78, 5) is 23.0. The molecular weight excluding hydrogens is 899 g/mol. The molecule has 0 saturated carbocycles. The molecule has 0 aliphatic heterocycles. The van der Waals surface area contributed by atoms with Gasteiger partial charge in [-0.3, -0.25) is 9.59 Å². The van der Waals surface area contributed by atoms with Crippen LogP contribution < -0.4 is 18.9 Å². The van der Waals surface area contributed by atoms with Gasteiger partial charge in [-0.15, -0.1) is 0 Å². The molecule has 0 amide bonds. The number of hydrogen-bond donors (Lipinski definition) is 1. The van der Waals surface area contributed by atoms with Crippen molar-refractivity contribution >= 4 is 11.9 Å². The van der Waals surface area contributed by atoms with Crippen molar-refractivity contribution in [2.24, 2.45) is 0 Å². The Morgan fingerprint density at radius 2 is 0.887 bits per heavy atom. The molecule has 6 aromatic rings. The molecule has 0 bridgehead atoms. The van der Waals surface area contributed by atoms with Crippen LogP contribution in [0.1, 0.15) is 139 Å². The van der Waals surface area contributed by atoms with Gasteiger partial charge in [0.1, 0.15) is 47.8 Å². The quantitative estimate of drug-likeness (QED) is 0.0755. The molecule has 0 fully saturated rings. The molecule has 0 unspecified atom stereocenters. The zero-order chi connectivity index (χ0) is 51.9. The third-order valence-electron chi connectivity index (χ3n) is 12.6. The van der Waals surface area contributed by atoms with E-state index in [1.807, 2.05) is 78.9 Å². The number of carboxylic acid groups (broad SMARTS) is 1. The highest BCUT2D eigenvalue weighted by Crippen LogP contribution is 2.39. The maximum Gasteiger partial charge on any atom is 0.306 e. The minimum atomic E-state index is -0.786. The van der Waals surface area contributed by atoms with Gasteiger partial charge in [0.05, 0.1) is 34.2 Å². The molecule has 2 atom stereocenters. The van der Waals surface area contributed by atoms with E-state index in [0.717, 1.165) is 75.9 Å². The Kier molecular flexibility index (Phi) is 19.8. The summed E-state index contributed by atoms with van der Waals surface area (Å²) in [5.41, 5.74) is 8.39. The van der Waals surface area contributed by atoms with E-state index in [4.69, 9.17) is 23.7 Å². The van der Waals surface area contributed by atoms with Crippen molar-refractivity contribution in [2.75, 3.05) is 21.3 Å². The molecule has 8 nitrogen and oxygen atoms in total. The molecule has 378 valence electrons. The molecule has 10 heteroatoms. The Balaban J connectivity index is 0.000000264. The molecule has 0 spiro atoms. The molecule has 0 heterocycles. The smallest absolute Gasteiger partial charge is 0.306 e. The number of hydrogen-bond acceptors (Lipinski definition) is 7. The van der Waals surface area contributed by atoms with Crippen LogP contribution in [0.15, 0.2) is 121 Å². The van der Waals surface area contributed by atoms with Crippen molar-refractivity contribution in [1.29, 1.82) is 0 Å². The van der Waals surface area contributed by atoms with Crippen LogP contribution in [0.2, 0.25) is 0 Å². The first kappa shape index (κ1) is 55.2. The van der Waals surface area contributed by atoms with Crippen LogP contribution >= 0.6 is 0 Å². The molecule has 0 aromatic heterocycles. The zero-order valence-electron chi connectivity index (χ0n) is 43.4. The molecule has 6 rings (SSSR count). The lowest BCUT2D eigenvalue weighted by molar-refractivity contribution is -0.141. The van der Waals surface area contributed by atoms with Crippen LogP contribution in [0, 0.1) is 11.6 Å². The summed E-state index contributed by atoms with van der Waals surface area (Å²) in [5, 5.41) is 9.20. The van der Waals surface area contributed by atoms with E-state index in [2.05, 4.69) is 61.5 Å². The Morgan fingerprint density at radius 1 is 0.507 bits per heavy atom. The minimum Gasteiger partial charge on any atom is -0.497 e. The van der Waals surface area contributed by atoms with Gasteiger partial charge < -0.3 is 28.8 Å². The zero-order valence-corrected chi connectivity index (χ0v) is 43.4. The van der Waals surface area contributed by atoms with E-state index in [1.54, 1.807) is 38.5 Å². The number of carboxylic acids is 1. The predicted octanol–water partition coefficient (Wildman–Crippen LogP) is 15.6. The van der Waals surface area contributed by atoms with Crippen molar-refractivity contribution in [3.63, 3.8) is 0 Å². The van der Waals surface area contributed by atoms with Crippen LogP contribution in [0.25, 0.3) is 22.3 Å². The van der Waals surface area contributed by atoms with E-state index < -0.39 is 5.97 Å². The van der Waals surface area contributed by atoms with Crippen molar-refractivity contribution in [3.8, 4) is 45.3 Å². The predicted molar refractivity (Wildman–Crippen MR) is 280 cm³/mol. The van der Waals surface area contributed by atoms with Gasteiger partial charge >= 0.3 is 11.9 Å². The first-order valence-electron chi connectivity index (χ1n) is 24.5. The molecule has 6 aromatic carbocycles. The molecule has 1 N–H and O–H groups in total. The highest BCUT2D eigenvalue weighted by molar-refractivity contribution is 5.73. The number of carbonyl (C=O) groups is 2. The Labute approximate surface area is 420 Å². The van der Waals surface area contributed by atoms with Gasteiger partial charge in [-0.1, -0.05) is 117 Å². The number of aliphatic carboxylic acids is 1. The highest BCUT2D eigenvalue weighted by atomic mass is 19.1. The Bertz CT molecular complexity index is 2680. The summed E-state index contributed by atoms with van der Waals surface area (Å²) in [7, 11) is 4.57. The van der Waals surface area contributed by atoms with Crippen molar-refractivity contribution in [1.82, 2.24) is 0 Å². The average Bonchev–Trinajstić information content (AvgIpc) is 3.34. The third-order valence-corrected chi connectivity index (χ3v) is 12.6. The van der Waals surface area contributed by atoms with Gasteiger partial charge in [0.25, 0.3) is 0 Å². The summed E-state index contributed by atoms with van der Waals surface area (Å²) in [6.07, 6.45) is 4.15. The standard InChI is InChI=1S/C31H37FO4.C30H35FO4/c1-7-8-23(18-30(33)35-6)22-10-12-24(13-11-22)36-20-21-9-15-28(31(2,3)4)26(17-21)27-19-25(34-5)14-16-29(27)32;1-6-7-22(17-29(32)33)21-9-11-23(12-10-21)35-19-20-8-14-27(30(2,3)4)25(16-20)26-18-24(34-5)13-15-28(26)31/h9-17,19,23H,7-8,18,20H2,1-6H3;8-16,18,22H,6-7,17,19H2,1-5H3,(H,32,33)/t23-;22-/m00/s1. The minimum absolute atomic E-state index is 0.00295. The van der Waals surface area contributed by atoms with E-state index in [0.29, 0.717) is 48.0 Å². The van der Waals surface area contributed by atoms with E-state index in [9.17, 15) is 23.5 Å². The lowest BCUT2D eigenvalue weighted by Crippen LogP contribution is -2.13. The fourth-order valence-electron chi connectivity index (χ4n) is 8.76. The van der Waals surface area contributed by atoms with Crippen molar-refractivity contribution < 1.29 is 47.2 Å². The SMILES string of the molecule is CCC[C@@H](CC(=O)O)c1ccc(OCc2ccc(C(C)(C)C)c(-c3cc(OC)ccc3F)c2)cc1.CCC[C@@H](CC(=O)OC)c1ccc(OCc2ccc(C(C)(C)C)c(-c3cc(OC)ccc3F)c2)cc1. The largest absolute Gasteiger partial charge is 0.497 e. The van der Waals surface area contributed by atoms with Crippen LogP contribution in [0.3, 0.4) is 0 Å². The average molecular weight is 971 g/mol.